The molecule has 0 aliphatic heterocycles. The van der Waals surface area contributed by atoms with Crippen LogP contribution in [0.5, 0.6) is 0 Å². The van der Waals surface area contributed by atoms with Crippen LogP contribution in [0.1, 0.15) is 31.3 Å². The van der Waals surface area contributed by atoms with E-state index in [2.05, 4.69) is 14.8 Å². The summed E-state index contributed by atoms with van der Waals surface area (Å²) in [6.45, 7) is 3.66. The molecule has 0 aliphatic rings. The third-order valence-corrected chi connectivity index (χ3v) is 5.23. The minimum absolute atomic E-state index is 0.220. The van der Waals surface area contributed by atoms with Crippen molar-refractivity contribution in [3.05, 3.63) is 48.2 Å². The van der Waals surface area contributed by atoms with Crippen molar-refractivity contribution in [3.8, 4) is 0 Å². The monoisotopic (exact) mass is 333 g/mol. The average molecular weight is 333 g/mol. The molecule has 0 unspecified atom stereocenters. The van der Waals surface area contributed by atoms with Crippen LogP contribution in [0.3, 0.4) is 0 Å². The molecule has 0 fully saturated rings. The molecule has 7 nitrogen and oxygen atoms in total. The molecule has 1 N–H and O–H groups in total. The van der Waals surface area contributed by atoms with E-state index in [1.807, 2.05) is 41.9 Å². The van der Waals surface area contributed by atoms with E-state index in [1.165, 1.54) is 10.9 Å². The van der Waals surface area contributed by atoms with E-state index < -0.39 is 16.1 Å². The number of imidazole rings is 1. The zero-order chi connectivity index (χ0) is 16.6. The molecule has 0 amide bonds. The van der Waals surface area contributed by atoms with Gasteiger partial charge in [-0.1, -0.05) is 13.0 Å². The van der Waals surface area contributed by atoms with Crippen molar-refractivity contribution < 1.29 is 8.42 Å². The Hall–Kier alpha value is -2.19. The minimum Gasteiger partial charge on any atom is -0.307 e. The van der Waals surface area contributed by atoms with E-state index in [9.17, 15) is 8.42 Å². The third-order valence-electron chi connectivity index (χ3n) is 3.65. The summed E-state index contributed by atoms with van der Waals surface area (Å²) < 4.78 is 31.3. The molecule has 0 aromatic carbocycles. The van der Waals surface area contributed by atoms with E-state index in [4.69, 9.17) is 0 Å². The van der Waals surface area contributed by atoms with Gasteiger partial charge in [-0.15, -0.1) is 0 Å². The summed E-state index contributed by atoms with van der Waals surface area (Å²) in [4.78, 5) is 4.67. The second-order valence-electron chi connectivity index (χ2n) is 5.44. The van der Waals surface area contributed by atoms with Gasteiger partial charge in [0.25, 0.3) is 0 Å². The number of fused-ring (bicyclic) bond motifs is 1. The van der Waals surface area contributed by atoms with Gasteiger partial charge < -0.3 is 4.40 Å². The van der Waals surface area contributed by atoms with Crippen LogP contribution in [0.4, 0.5) is 0 Å². The van der Waals surface area contributed by atoms with Crippen molar-refractivity contribution >= 4 is 15.7 Å². The highest BCUT2D eigenvalue weighted by Crippen LogP contribution is 2.19. The van der Waals surface area contributed by atoms with E-state index in [0.29, 0.717) is 17.8 Å². The lowest BCUT2D eigenvalue weighted by atomic mass is 10.3. The molecule has 3 heterocycles. The van der Waals surface area contributed by atoms with Crippen molar-refractivity contribution in [2.45, 2.75) is 31.2 Å². The minimum atomic E-state index is -3.65. The van der Waals surface area contributed by atoms with Crippen molar-refractivity contribution in [2.75, 3.05) is 0 Å². The predicted octanol–water partition coefficient (Wildman–Crippen LogP) is 1.67. The maximum Gasteiger partial charge on any atom is 0.244 e. The highest BCUT2D eigenvalue weighted by Gasteiger charge is 2.24. The van der Waals surface area contributed by atoms with Crippen LogP contribution >= 0.6 is 0 Å². The number of aryl methyl sites for hydroxylation is 2. The van der Waals surface area contributed by atoms with Crippen LogP contribution in [0.25, 0.3) is 5.65 Å². The lowest BCUT2D eigenvalue weighted by molar-refractivity contribution is 0.563. The van der Waals surface area contributed by atoms with Gasteiger partial charge in [0.2, 0.25) is 10.0 Å². The number of nitrogens with zero attached hydrogens (tertiary/aromatic N) is 4. The molecular weight excluding hydrogens is 314 g/mol. The van der Waals surface area contributed by atoms with Gasteiger partial charge >= 0.3 is 0 Å². The highest BCUT2D eigenvalue weighted by atomic mass is 32.2. The van der Waals surface area contributed by atoms with Gasteiger partial charge in [0.05, 0.1) is 17.4 Å². The van der Waals surface area contributed by atoms with Crippen molar-refractivity contribution in [3.63, 3.8) is 0 Å². The molecule has 0 bridgehead atoms. The van der Waals surface area contributed by atoms with E-state index in [1.54, 1.807) is 14.0 Å². The second-order valence-corrected chi connectivity index (χ2v) is 7.12. The largest absolute Gasteiger partial charge is 0.307 e. The summed E-state index contributed by atoms with van der Waals surface area (Å²) >= 11 is 0. The molecule has 3 rings (SSSR count). The number of rotatable bonds is 5. The Morgan fingerprint density at radius 3 is 2.78 bits per heavy atom. The Bertz CT molecular complexity index is 909. The molecule has 0 spiro atoms. The van der Waals surface area contributed by atoms with Gasteiger partial charge in [0.15, 0.2) is 0 Å². The smallest absolute Gasteiger partial charge is 0.244 e. The molecule has 8 heteroatoms. The maximum atomic E-state index is 12.6. The molecule has 0 aliphatic carbocycles. The normalized spacial score (nSPS) is 13.5. The zero-order valence-corrected chi connectivity index (χ0v) is 14.1. The quantitative estimate of drug-likeness (QED) is 0.770. The summed E-state index contributed by atoms with van der Waals surface area (Å²) in [5.74, 6) is 0. The molecule has 23 heavy (non-hydrogen) atoms. The summed E-state index contributed by atoms with van der Waals surface area (Å²) in [6.07, 6.45) is 5.78. The molecule has 1 atom stereocenters. The second kappa shape index (κ2) is 5.78. The molecule has 0 radical (unpaired) electrons. The summed E-state index contributed by atoms with van der Waals surface area (Å²) in [7, 11) is -1.94. The number of hydrogen-bond acceptors (Lipinski definition) is 4. The standard InChI is InChI=1S/C15H19N5O2S/c1-4-12-14(10-19(3)17-12)23(21,22)18-11(2)13-9-20-8-6-5-7-15(20)16-13/h5-11,18H,4H2,1-3H3/t11-/m0/s1. The van der Waals surface area contributed by atoms with Crippen molar-refractivity contribution in [1.29, 1.82) is 0 Å². The third kappa shape index (κ3) is 2.99. The Morgan fingerprint density at radius 1 is 1.30 bits per heavy atom. The molecule has 122 valence electrons. The molecule has 3 aromatic heterocycles. The van der Waals surface area contributed by atoms with Crippen molar-refractivity contribution in [1.82, 2.24) is 23.9 Å². The number of hydrogen-bond donors (Lipinski definition) is 1. The van der Waals surface area contributed by atoms with Crippen LogP contribution < -0.4 is 4.72 Å². The number of pyridine rings is 1. The summed E-state index contributed by atoms with van der Waals surface area (Å²) in [5, 5.41) is 4.19. The Labute approximate surface area is 135 Å². The first-order chi connectivity index (χ1) is 10.9. The summed E-state index contributed by atoms with van der Waals surface area (Å²) in [5.41, 5.74) is 2.01. The van der Waals surface area contributed by atoms with Gasteiger partial charge in [-0.3, -0.25) is 4.68 Å². The Kier molecular flexibility index (Phi) is 3.95. The van der Waals surface area contributed by atoms with Gasteiger partial charge in [-0.2, -0.15) is 5.10 Å². The van der Waals surface area contributed by atoms with E-state index in [0.717, 1.165) is 5.65 Å². The van der Waals surface area contributed by atoms with Gasteiger partial charge in [-0.05, 0) is 25.5 Å². The van der Waals surface area contributed by atoms with Crippen LogP contribution in [-0.4, -0.2) is 27.6 Å². The Balaban J connectivity index is 1.90. The first kappa shape index (κ1) is 15.7. The Morgan fingerprint density at radius 2 is 2.09 bits per heavy atom. The van der Waals surface area contributed by atoms with Crippen molar-refractivity contribution in [2.24, 2.45) is 7.05 Å². The number of aromatic nitrogens is 4. The lowest BCUT2D eigenvalue weighted by Gasteiger charge is -2.11. The SMILES string of the molecule is CCc1nn(C)cc1S(=O)(=O)N[C@@H](C)c1cn2ccccc2n1. The fraction of sp³-hybridized carbons (Fsp3) is 0.333. The van der Waals surface area contributed by atoms with Gasteiger partial charge in [0, 0.05) is 25.6 Å². The van der Waals surface area contributed by atoms with Crippen LogP contribution in [0.15, 0.2) is 41.7 Å². The zero-order valence-electron chi connectivity index (χ0n) is 13.3. The topological polar surface area (TPSA) is 81.3 Å². The maximum absolute atomic E-state index is 12.6. The van der Waals surface area contributed by atoms with E-state index in [-0.39, 0.29) is 4.90 Å². The molecule has 0 saturated carbocycles. The molecule has 3 aromatic rings. The first-order valence-electron chi connectivity index (χ1n) is 7.39. The number of sulfonamides is 1. The lowest BCUT2D eigenvalue weighted by Crippen LogP contribution is -2.27. The predicted molar refractivity (Wildman–Crippen MR) is 86.5 cm³/mol. The van der Waals surface area contributed by atoms with Crippen LogP contribution in [0.2, 0.25) is 0 Å². The average Bonchev–Trinajstić information content (AvgIpc) is 3.10. The first-order valence-corrected chi connectivity index (χ1v) is 8.87. The van der Waals surface area contributed by atoms with Crippen LogP contribution in [-0.2, 0) is 23.5 Å². The molecular formula is C15H19N5O2S. The number of nitrogens with one attached hydrogen (secondary N) is 1. The summed E-state index contributed by atoms with van der Waals surface area (Å²) in [6, 6.07) is 5.23. The van der Waals surface area contributed by atoms with Gasteiger partial charge in [-0.25, -0.2) is 18.1 Å². The fourth-order valence-corrected chi connectivity index (χ4v) is 4.00. The van der Waals surface area contributed by atoms with E-state index >= 15 is 0 Å². The highest BCUT2D eigenvalue weighted by molar-refractivity contribution is 7.89. The fourth-order valence-electron chi connectivity index (χ4n) is 2.50. The molecule has 0 saturated heterocycles. The van der Waals surface area contributed by atoms with Gasteiger partial charge in [0.1, 0.15) is 10.5 Å². The van der Waals surface area contributed by atoms with Crippen LogP contribution in [0, 0.1) is 0 Å².